The third-order valence-electron chi connectivity index (χ3n) is 5.71. The van der Waals surface area contributed by atoms with Gasteiger partial charge >= 0.3 is 0 Å². The van der Waals surface area contributed by atoms with Crippen LogP contribution in [-0.2, 0) is 21.4 Å². The van der Waals surface area contributed by atoms with E-state index in [0.717, 1.165) is 22.9 Å². The maximum absolute atomic E-state index is 14.0. The number of benzene rings is 3. The lowest BCUT2D eigenvalue weighted by Crippen LogP contribution is -2.34. The van der Waals surface area contributed by atoms with Gasteiger partial charge in [0.1, 0.15) is 10.7 Å². The number of rotatable bonds is 6. The summed E-state index contributed by atoms with van der Waals surface area (Å²) in [6.45, 7) is 2.14. The average Bonchev–Trinajstić information content (AvgIpc) is 2.88. The lowest BCUT2D eigenvalue weighted by molar-refractivity contribution is -0.113. The molecular formula is C26H20BrFN4O3S2. The van der Waals surface area contributed by atoms with E-state index in [0.29, 0.717) is 15.7 Å². The highest BCUT2D eigenvalue weighted by atomic mass is 79.9. The first kappa shape index (κ1) is 25.4. The molecular weight excluding hydrogens is 579 g/mol. The van der Waals surface area contributed by atoms with Gasteiger partial charge < -0.3 is 5.32 Å². The van der Waals surface area contributed by atoms with Crippen molar-refractivity contribution in [2.45, 2.75) is 23.5 Å². The first-order valence-electron chi connectivity index (χ1n) is 11.1. The predicted molar refractivity (Wildman–Crippen MR) is 145 cm³/mol. The van der Waals surface area contributed by atoms with Crippen molar-refractivity contribution in [3.63, 3.8) is 0 Å². The second kappa shape index (κ2) is 10.2. The number of anilines is 2. The number of carbonyl (C=O) groups excluding carboxylic acids is 1. The number of aromatic nitrogens is 2. The Morgan fingerprint density at radius 1 is 1.11 bits per heavy atom. The molecule has 0 saturated heterocycles. The van der Waals surface area contributed by atoms with Crippen molar-refractivity contribution >= 4 is 55.0 Å². The smallest absolute Gasteiger partial charge is 0.268 e. The van der Waals surface area contributed by atoms with Crippen molar-refractivity contribution in [1.82, 2.24) is 9.97 Å². The molecule has 188 valence electrons. The Morgan fingerprint density at radius 3 is 2.62 bits per heavy atom. The van der Waals surface area contributed by atoms with Crippen LogP contribution < -0.4 is 9.62 Å². The van der Waals surface area contributed by atoms with Crippen LogP contribution in [0.15, 0.2) is 87.5 Å². The molecule has 7 nitrogen and oxygen atoms in total. The van der Waals surface area contributed by atoms with Crippen molar-refractivity contribution in [3.05, 3.63) is 94.3 Å². The summed E-state index contributed by atoms with van der Waals surface area (Å²) in [5.41, 5.74) is 3.47. The fraction of sp³-hybridized carbons (Fsp3) is 0.115. The molecule has 1 aliphatic rings. The van der Waals surface area contributed by atoms with Crippen molar-refractivity contribution in [2.24, 2.45) is 0 Å². The topological polar surface area (TPSA) is 92.3 Å². The molecule has 37 heavy (non-hydrogen) atoms. The van der Waals surface area contributed by atoms with Crippen LogP contribution in [0.4, 0.5) is 15.8 Å². The zero-order valence-corrected chi connectivity index (χ0v) is 22.7. The number of amides is 1. The summed E-state index contributed by atoms with van der Waals surface area (Å²) in [7, 11) is -3.93. The van der Waals surface area contributed by atoms with E-state index in [4.69, 9.17) is 0 Å². The number of halogens is 2. The zero-order chi connectivity index (χ0) is 26.2. The largest absolute Gasteiger partial charge is 0.323 e. The van der Waals surface area contributed by atoms with Crippen molar-refractivity contribution in [2.75, 3.05) is 15.4 Å². The minimum absolute atomic E-state index is 0.00375. The van der Waals surface area contributed by atoms with Gasteiger partial charge in [-0.15, -0.1) is 0 Å². The second-order valence-corrected chi connectivity index (χ2v) is 12.0. The molecule has 0 saturated carbocycles. The second-order valence-electron chi connectivity index (χ2n) is 8.34. The summed E-state index contributed by atoms with van der Waals surface area (Å²) in [5, 5.41) is 2.76. The van der Waals surface area contributed by atoms with Gasteiger partial charge in [-0.05, 0) is 36.8 Å². The van der Waals surface area contributed by atoms with Crippen LogP contribution in [0, 0.1) is 12.7 Å². The third-order valence-corrected chi connectivity index (χ3v) is 8.83. The highest BCUT2D eigenvalue weighted by Gasteiger charge is 2.36. The first-order valence-corrected chi connectivity index (χ1v) is 14.4. The predicted octanol–water partition coefficient (Wildman–Crippen LogP) is 5.79. The molecule has 2 heterocycles. The van der Waals surface area contributed by atoms with Gasteiger partial charge in [0.2, 0.25) is 5.91 Å². The zero-order valence-electron chi connectivity index (χ0n) is 19.5. The standard InChI is InChI=1S/C26H20BrFN4O3S2/c1-16-6-8-17(9-7-16)14-32-22-5-3-2-4-19(22)25-23(37(32,34)35)13-29-26(31-25)36-15-24(33)30-21-11-10-18(27)12-20(21)28/h2-13H,14-15H2,1H3,(H,30,33). The van der Waals surface area contributed by atoms with E-state index in [2.05, 4.69) is 31.2 Å². The summed E-state index contributed by atoms with van der Waals surface area (Å²) in [5.74, 6) is -1.08. The highest BCUT2D eigenvalue weighted by molar-refractivity contribution is 9.10. The van der Waals surface area contributed by atoms with Crippen molar-refractivity contribution < 1.29 is 17.6 Å². The molecule has 1 aromatic heterocycles. The quantitative estimate of drug-likeness (QED) is 0.223. The highest BCUT2D eigenvalue weighted by Crippen LogP contribution is 2.42. The summed E-state index contributed by atoms with van der Waals surface area (Å²) in [6.07, 6.45) is 1.28. The maximum Gasteiger partial charge on any atom is 0.268 e. The molecule has 1 aliphatic heterocycles. The van der Waals surface area contributed by atoms with Crippen molar-refractivity contribution in [3.8, 4) is 11.3 Å². The van der Waals surface area contributed by atoms with Crippen LogP contribution in [0.5, 0.6) is 0 Å². The molecule has 5 rings (SSSR count). The minimum Gasteiger partial charge on any atom is -0.323 e. The molecule has 11 heteroatoms. The van der Waals surface area contributed by atoms with Crippen LogP contribution >= 0.6 is 27.7 Å². The SMILES string of the molecule is Cc1ccc(CN2c3ccccc3-c3nc(SCC(=O)Nc4ccc(Br)cc4F)ncc3S2(=O)=O)cc1. The molecule has 0 spiro atoms. The van der Waals surface area contributed by atoms with E-state index in [1.807, 2.05) is 43.3 Å². The molecule has 0 unspecified atom stereocenters. The number of sulfonamides is 1. The summed E-state index contributed by atoms with van der Waals surface area (Å²) in [4.78, 5) is 21.1. The first-order chi connectivity index (χ1) is 17.7. The Hall–Kier alpha value is -3.28. The monoisotopic (exact) mass is 598 g/mol. The number of nitrogens with zero attached hydrogens (tertiary/aromatic N) is 3. The number of para-hydroxylation sites is 1. The molecule has 4 aromatic rings. The summed E-state index contributed by atoms with van der Waals surface area (Å²) in [6, 6.07) is 19.2. The van der Waals surface area contributed by atoms with E-state index in [1.165, 1.54) is 22.6 Å². The Kier molecular flexibility index (Phi) is 7.02. The fourth-order valence-corrected chi connectivity index (χ4v) is 6.39. The van der Waals surface area contributed by atoms with Gasteiger partial charge in [-0.1, -0.05) is 75.7 Å². The van der Waals surface area contributed by atoms with Crippen LogP contribution in [-0.4, -0.2) is 30.0 Å². The normalized spacial score (nSPS) is 13.5. The number of aryl methyl sites for hydroxylation is 1. The van der Waals surface area contributed by atoms with E-state index in [1.54, 1.807) is 18.2 Å². The molecule has 0 bridgehead atoms. The van der Waals surface area contributed by atoms with Crippen molar-refractivity contribution in [1.29, 1.82) is 0 Å². The molecule has 0 radical (unpaired) electrons. The Bertz CT molecular complexity index is 1610. The van der Waals surface area contributed by atoms with E-state index < -0.39 is 21.7 Å². The van der Waals surface area contributed by atoms with Gasteiger partial charge in [0, 0.05) is 10.0 Å². The lowest BCUT2D eigenvalue weighted by Gasteiger charge is -2.31. The van der Waals surface area contributed by atoms with Crippen LogP contribution in [0.25, 0.3) is 11.3 Å². The lowest BCUT2D eigenvalue weighted by atomic mass is 10.1. The van der Waals surface area contributed by atoms with E-state index in [9.17, 15) is 17.6 Å². The molecule has 1 amide bonds. The third kappa shape index (κ3) is 5.25. The number of carbonyl (C=O) groups is 1. The molecule has 1 N–H and O–H groups in total. The number of fused-ring (bicyclic) bond motifs is 3. The van der Waals surface area contributed by atoms with Crippen LogP contribution in [0.3, 0.4) is 0 Å². The fourth-order valence-electron chi connectivity index (χ4n) is 3.88. The summed E-state index contributed by atoms with van der Waals surface area (Å²) >= 11 is 4.21. The number of hydrogen-bond donors (Lipinski definition) is 1. The van der Waals surface area contributed by atoms with Crippen LogP contribution in [0.2, 0.25) is 0 Å². The van der Waals surface area contributed by atoms with E-state index >= 15 is 0 Å². The van der Waals surface area contributed by atoms with Gasteiger partial charge in [-0.2, -0.15) is 0 Å². The van der Waals surface area contributed by atoms with Gasteiger partial charge in [-0.3, -0.25) is 9.10 Å². The van der Waals surface area contributed by atoms with Gasteiger partial charge in [0.05, 0.1) is 35.6 Å². The average molecular weight is 600 g/mol. The minimum atomic E-state index is -3.93. The van der Waals surface area contributed by atoms with Gasteiger partial charge in [0.15, 0.2) is 5.16 Å². The van der Waals surface area contributed by atoms with Gasteiger partial charge in [0.25, 0.3) is 10.0 Å². The Morgan fingerprint density at radius 2 is 1.86 bits per heavy atom. The van der Waals surface area contributed by atoms with E-state index in [-0.39, 0.29) is 33.7 Å². The summed E-state index contributed by atoms with van der Waals surface area (Å²) < 4.78 is 43.2. The molecule has 0 fully saturated rings. The van der Waals surface area contributed by atoms with Crippen LogP contribution in [0.1, 0.15) is 11.1 Å². The number of hydrogen-bond acceptors (Lipinski definition) is 6. The molecule has 0 aliphatic carbocycles. The number of thioether (sulfide) groups is 1. The Balaban J connectivity index is 1.40. The number of nitrogens with one attached hydrogen (secondary N) is 1. The molecule has 3 aromatic carbocycles. The van der Waals surface area contributed by atoms with Gasteiger partial charge in [-0.25, -0.2) is 22.8 Å². The maximum atomic E-state index is 14.0. The molecule has 0 atom stereocenters. The Labute approximate surface area is 226 Å².